The maximum atomic E-state index is 12.8. The molecule has 29 heavy (non-hydrogen) atoms. The van der Waals surface area contributed by atoms with Crippen molar-refractivity contribution >= 4 is 28.2 Å². The number of aromatic nitrogens is 3. The number of hydrogen-bond donors (Lipinski definition) is 1. The van der Waals surface area contributed by atoms with Crippen LogP contribution >= 0.6 is 0 Å². The summed E-state index contributed by atoms with van der Waals surface area (Å²) < 4.78 is 17.3. The van der Waals surface area contributed by atoms with Gasteiger partial charge in [-0.3, -0.25) is 4.79 Å². The number of benzene rings is 2. The monoisotopic (exact) mass is 392 g/mol. The molecule has 1 N–H and O–H groups in total. The molecule has 8 heteroatoms. The zero-order chi connectivity index (χ0) is 20.4. The quantitative estimate of drug-likeness (QED) is 0.509. The number of ether oxygens (including phenoxy) is 3. The number of H-pyrrole nitrogens is 1. The van der Waals surface area contributed by atoms with Gasteiger partial charge in [0.25, 0.3) is 5.56 Å². The molecule has 148 valence electrons. The lowest BCUT2D eigenvalue weighted by Gasteiger charge is -2.09. The molecule has 0 aliphatic rings. The van der Waals surface area contributed by atoms with Crippen LogP contribution in [-0.4, -0.2) is 41.7 Å². The number of hydrogen-bond acceptors (Lipinski definition) is 6. The SMILES string of the molecule is CCOc1ccc(/C=N\n2cnc3c([nH]c4cc(OC)ccc43)c2=O)cc1OC. The third-order valence-electron chi connectivity index (χ3n) is 4.52. The second-order valence-corrected chi connectivity index (χ2v) is 6.24. The molecular formula is C21H20N4O4. The Labute approximate surface area is 166 Å². The van der Waals surface area contributed by atoms with Gasteiger partial charge in [0.1, 0.15) is 23.1 Å². The highest BCUT2D eigenvalue weighted by atomic mass is 16.5. The van der Waals surface area contributed by atoms with Gasteiger partial charge in [-0.15, -0.1) is 0 Å². The summed E-state index contributed by atoms with van der Waals surface area (Å²) in [4.78, 5) is 20.4. The number of nitrogens with zero attached hydrogens (tertiary/aromatic N) is 3. The Morgan fingerprint density at radius 2 is 2.00 bits per heavy atom. The minimum Gasteiger partial charge on any atom is -0.497 e. The van der Waals surface area contributed by atoms with Crippen molar-refractivity contribution < 1.29 is 14.2 Å². The first-order valence-electron chi connectivity index (χ1n) is 9.07. The lowest BCUT2D eigenvalue weighted by atomic mass is 10.2. The van der Waals surface area contributed by atoms with E-state index >= 15 is 0 Å². The van der Waals surface area contributed by atoms with E-state index in [4.69, 9.17) is 14.2 Å². The highest BCUT2D eigenvalue weighted by Gasteiger charge is 2.11. The predicted octanol–water partition coefficient (Wildman–Crippen LogP) is 3.18. The van der Waals surface area contributed by atoms with Crippen molar-refractivity contribution in [3.8, 4) is 17.2 Å². The largest absolute Gasteiger partial charge is 0.497 e. The Hall–Kier alpha value is -3.81. The molecule has 4 aromatic rings. The average molecular weight is 392 g/mol. The summed E-state index contributed by atoms with van der Waals surface area (Å²) in [6.45, 7) is 2.45. The van der Waals surface area contributed by atoms with Crippen molar-refractivity contribution in [1.82, 2.24) is 14.6 Å². The first-order valence-corrected chi connectivity index (χ1v) is 9.07. The average Bonchev–Trinajstić information content (AvgIpc) is 3.12. The van der Waals surface area contributed by atoms with Gasteiger partial charge in [-0.25, -0.2) is 4.98 Å². The van der Waals surface area contributed by atoms with E-state index in [2.05, 4.69) is 15.1 Å². The maximum absolute atomic E-state index is 12.8. The van der Waals surface area contributed by atoms with E-state index in [1.807, 2.05) is 31.2 Å². The van der Waals surface area contributed by atoms with Crippen LogP contribution in [0.3, 0.4) is 0 Å². The number of fused-ring (bicyclic) bond motifs is 3. The zero-order valence-electron chi connectivity index (χ0n) is 16.3. The summed E-state index contributed by atoms with van der Waals surface area (Å²) >= 11 is 0. The van der Waals surface area contributed by atoms with Crippen LogP contribution in [0.1, 0.15) is 12.5 Å². The molecule has 2 aromatic carbocycles. The van der Waals surface area contributed by atoms with Gasteiger partial charge in [0, 0.05) is 11.5 Å². The molecule has 0 atom stereocenters. The van der Waals surface area contributed by atoms with E-state index in [1.165, 1.54) is 11.0 Å². The van der Waals surface area contributed by atoms with Gasteiger partial charge >= 0.3 is 0 Å². The van der Waals surface area contributed by atoms with Gasteiger partial charge in [-0.1, -0.05) is 0 Å². The van der Waals surface area contributed by atoms with Gasteiger partial charge in [0.15, 0.2) is 11.5 Å². The van der Waals surface area contributed by atoms with Crippen LogP contribution in [0, 0.1) is 0 Å². The Morgan fingerprint density at radius 3 is 2.76 bits per heavy atom. The molecule has 0 amide bonds. The van der Waals surface area contributed by atoms with E-state index in [1.54, 1.807) is 32.6 Å². The highest BCUT2D eigenvalue weighted by molar-refractivity contribution is 6.04. The fraction of sp³-hybridized carbons (Fsp3) is 0.190. The van der Waals surface area contributed by atoms with Crippen molar-refractivity contribution in [3.05, 3.63) is 58.6 Å². The van der Waals surface area contributed by atoms with E-state index in [9.17, 15) is 4.79 Å². The van der Waals surface area contributed by atoms with Crippen LogP contribution in [0.4, 0.5) is 0 Å². The standard InChI is InChI=1S/C21H20N4O4/c1-4-29-17-8-5-13(9-18(17)28-3)11-23-25-12-22-19-15-7-6-14(27-2)10-16(15)24-20(19)21(25)26/h5-12,24H,4H2,1-3H3/b23-11-. The molecule has 0 spiro atoms. The number of methoxy groups -OCH3 is 2. The van der Waals surface area contributed by atoms with Gasteiger partial charge in [-0.2, -0.15) is 9.78 Å². The third-order valence-corrected chi connectivity index (χ3v) is 4.52. The summed E-state index contributed by atoms with van der Waals surface area (Å²) in [5.41, 5.74) is 2.24. The molecular weight excluding hydrogens is 372 g/mol. The van der Waals surface area contributed by atoms with Crippen molar-refractivity contribution in [1.29, 1.82) is 0 Å². The molecule has 0 fully saturated rings. The van der Waals surface area contributed by atoms with E-state index in [-0.39, 0.29) is 5.56 Å². The van der Waals surface area contributed by atoms with Crippen molar-refractivity contribution in [2.75, 3.05) is 20.8 Å². The van der Waals surface area contributed by atoms with Gasteiger partial charge < -0.3 is 19.2 Å². The van der Waals surface area contributed by atoms with Crippen molar-refractivity contribution in [2.45, 2.75) is 6.92 Å². The van der Waals surface area contributed by atoms with Gasteiger partial charge in [0.05, 0.1) is 32.6 Å². The third kappa shape index (κ3) is 3.40. The normalized spacial score (nSPS) is 11.4. The predicted molar refractivity (Wildman–Crippen MR) is 112 cm³/mol. The Morgan fingerprint density at radius 1 is 1.14 bits per heavy atom. The minimum atomic E-state index is -0.292. The molecule has 0 saturated carbocycles. The maximum Gasteiger partial charge on any atom is 0.298 e. The smallest absolute Gasteiger partial charge is 0.298 e. The lowest BCUT2D eigenvalue weighted by molar-refractivity contribution is 0.311. The Bertz CT molecular complexity index is 1270. The molecule has 0 saturated heterocycles. The van der Waals surface area contributed by atoms with E-state index < -0.39 is 0 Å². The van der Waals surface area contributed by atoms with Crippen molar-refractivity contribution in [2.24, 2.45) is 5.10 Å². The van der Waals surface area contributed by atoms with E-state index in [0.29, 0.717) is 34.9 Å². The second-order valence-electron chi connectivity index (χ2n) is 6.24. The van der Waals surface area contributed by atoms with Crippen LogP contribution in [0.5, 0.6) is 17.2 Å². The molecule has 0 radical (unpaired) electrons. The number of aromatic amines is 1. The molecule has 0 aliphatic carbocycles. The summed E-state index contributed by atoms with van der Waals surface area (Å²) in [7, 11) is 3.17. The fourth-order valence-corrected chi connectivity index (χ4v) is 3.11. The van der Waals surface area contributed by atoms with Crippen LogP contribution in [0.2, 0.25) is 0 Å². The molecule has 0 unspecified atom stereocenters. The zero-order valence-corrected chi connectivity index (χ0v) is 16.3. The Balaban J connectivity index is 1.72. The number of nitrogens with one attached hydrogen (secondary N) is 1. The van der Waals surface area contributed by atoms with Gasteiger partial charge in [0.2, 0.25) is 0 Å². The summed E-state index contributed by atoms with van der Waals surface area (Å²) in [5.74, 6) is 1.95. The highest BCUT2D eigenvalue weighted by Crippen LogP contribution is 2.27. The topological polar surface area (TPSA) is 90.7 Å². The fourth-order valence-electron chi connectivity index (χ4n) is 3.11. The molecule has 0 aliphatic heterocycles. The summed E-state index contributed by atoms with van der Waals surface area (Å²) in [5, 5.41) is 5.11. The lowest BCUT2D eigenvalue weighted by Crippen LogP contribution is -2.17. The summed E-state index contributed by atoms with van der Waals surface area (Å²) in [6.07, 6.45) is 2.98. The van der Waals surface area contributed by atoms with Crippen LogP contribution in [0.25, 0.3) is 21.9 Å². The second kappa shape index (κ2) is 7.67. The van der Waals surface area contributed by atoms with Crippen LogP contribution < -0.4 is 19.8 Å². The Kier molecular flexibility index (Phi) is 4.90. The van der Waals surface area contributed by atoms with Gasteiger partial charge in [-0.05, 0) is 42.8 Å². The first kappa shape index (κ1) is 18.5. The molecule has 4 rings (SSSR count). The van der Waals surface area contributed by atoms with Crippen molar-refractivity contribution in [3.63, 3.8) is 0 Å². The first-order chi connectivity index (χ1) is 14.1. The van der Waals surface area contributed by atoms with Crippen LogP contribution in [0.15, 0.2) is 52.6 Å². The van der Waals surface area contributed by atoms with Crippen LogP contribution in [-0.2, 0) is 0 Å². The molecule has 0 bridgehead atoms. The van der Waals surface area contributed by atoms with E-state index in [0.717, 1.165) is 16.5 Å². The molecule has 8 nitrogen and oxygen atoms in total. The number of rotatable bonds is 6. The summed E-state index contributed by atoms with van der Waals surface area (Å²) in [6, 6.07) is 11.0. The molecule has 2 heterocycles. The minimum absolute atomic E-state index is 0.292. The molecule has 2 aromatic heterocycles.